The minimum atomic E-state index is -0.368. The van der Waals surface area contributed by atoms with Gasteiger partial charge in [-0.25, -0.2) is 9.18 Å². The smallest absolute Gasteiger partial charge is 0.322 e. The van der Waals surface area contributed by atoms with Gasteiger partial charge in [0.2, 0.25) is 0 Å². The standard InChI is InChI=1S/C29H34FN5O3/c1-21-7-12-24(19-25(21)30)32-29(37)35(14-4-13-34-15-17-38-18-16-34)20-22-8-10-23(11-9-22)28(36)33-27-6-3-2-5-26(27)31/h2-3,5-12,19H,4,13-18,20,31H2,1H3,(H,32,37)(H,33,36). The van der Waals surface area contributed by atoms with Crippen LogP contribution in [0.15, 0.2) is 66.7 Å². The average molecular weight is 520 g/mol. The quantitative estimate of drug-likeness (QED) is 0.355. The molecule has 1 aliphatic heterocycles. The highest BCUT2D eigenvalue weighted by molar-refractivity contribution is 6.05. The monoisotopic (exact) mass is 519 g/mol. The number of hydrogen-bond donors (Lipinski definition) is 3. The third-order valence-electron chi connectivity index (χ3n) is 6.51. The Bertz CT molecular complexity index is 1250. The molecule has 8 nitrogen and oxygen atoms in total. The third-order valence-corrected chi connectivity index (χ3v) is 6.51. The first-order chi connectivity index (χ1) is 18.4. The SMILES string of the molecule is Cc1ccc(NC(=O)N(CCCN2CCOCC2)Cc2ccc(C(=O)Nc3ccccc3N)cc2)cc1F. The Labute approximate surface area is 222 Å². The van der Waals surface area contributed by atoms with Gasteiger partial charge in [0.1, 0.15) is 5.82 Å². The fourth-order valence-corrected chi connectivity index (χ4v) is 4.22. The van der Waals surface area contributed by atoms with Crippen molar-refractivity contribution in [3.8, 4) is 0 Å². The molecule has 4 rings (SSSR count). The molecule has 200 valence electrons. The molecule has 38 heavy (non-hydrogen) atoms. The van der Waals surface area contributed by atoms with E-state index in [2.05, 4.69) is 15.5 Å². The van der Waals surface area contributed by atoms with Crippen LogP contribution in [0.5, 0.6) is 0 Å². The van der Waals surface area contributed by atoms with Gasteiger partial charge >= 0.3 is 6.03 Å². The number of carbonyl (C=O) groups excluding carboxylic acids is 2. The van der Waals surface area contributed by atoms with Gasteiger partial charge in [0.15, 0.2) is 0 Å². The molecule has 3 aromatic rings. The zero-order chi connectivity index (χ0) is 26.9. The van der Waals surface area contributed by atoms with Crippen molar-refractivity contribution in [1.29, 1.82) is 0 Å². The fraction of sp³-hybridized carbons (Fsp3) is 0.310. The Balaban J connectivity index is 1.41. The maximum atomic E-state index is 14.0. The number of nitrogen functional groups attached to an aromatic ring is 1. The molecule has 0 atom stereocenters. The number of halogens is 1. The first-order valence-electron chi connectivity index (χ1n) is 12.8. The van der Waals surface area contributed by atoms with Gasteiger partial charge in [-0.15, -0.1) is 0 Å². The molecule has 3 amide bonds. The zero-order valence-corrected chi connectivity index (χ0v) is 21.6. The van der Waals surface area contributed by atoms with E-state index in [9.17, 15) is 14.0 Å². The predicted molar refractivity (Wildman–Crippen MR) is 148 cm³/mol. The van der Waals surface area contributed by atoms with Gasteiger partial charge < -0.3 is 26.0 Å². The Morgan fingerprint density at radius 2 is 1.76 bits per heavy atom. The number of ether oxygens (including phenoxy) is 1. The van der Waals surface area contributed by atoms with Gasteiger partial charge in [-0.2, -0.15) is 0 Å². The number of amides is 3. The number of morpholine rings is 1. The summed E-state index contributed by atoms with van der Waals surface area (Å²) in [5.41, 5.74) is 9.25. The summed E-state index contributed by atoms with van der Waals surface area (Å²) in [5, 5.41) is 5.64. The van der Waals surface area contributed by atoms with E-state index in [0.29, 0.717) is 41.3 Å². The van der Waals surface area contributed by atoms with Gasteiger partial charge in [0.05, 0.1) is 24.6 Å². The number of carbonyl (C=O) groups is 2. The van der Waals surface area contributed by atoms with Gasteiger partial charge in [-0.3, -0.25) is 9.69 Å². The average Bonchev–Trinajstić information content (AvgIpc) is 2.92. The molecule has 0 bridgehead atoms. The van der Waals surface area contributed by atoms with Crippen LogP contribution in [0, 0.1) is 12.7 Å². The van der Waals surface area contributed by atoms with E-state index in [0.717, 1.165) is 44.8 Å². The molecule has 9 heteroatoms. The lowest BCUT2D eigenvalue weighted by atomic mass is 10.1. The molecule has 4 N–H and O–H groups in total. The normalized spacial score (nSPS) is 13.6. The van der Waals surface area contributed by atoms with E-state index in [-0.39, 0.29) is 17.8 Å². The summed E-state index contributed by atoms with van der Waals surface area (Å²) in [4.78, 5) is 29.9. The van der Waals surface area contributed by atoms with Crippen molar-refractivity contribution in [2.45, 2.75) is 19.9 Å². The van der Waals surface area contributed by atoms with E-state index in [1.54, 1.807) is 60.4 Å². The van der Waals surface area contributed by atoms with Crippen LogP contribution in [0.25, 0.3) is 0 Å². The maximum absolute atomic E-state index is 14.0. The molecule has 0 aromatic heterocycles. The Morgan fingerprint density at radius 1 is 1.03 bits per heavy atom. The number of aryl methyl sites for hydroxylation is 1. The molecule has 1 heterocycles. The number of nitrogens with zero attached hydrogens (tertiary/aromatic N) is 2. The molecule has 0 aliphatic carbocycles. The van der Waals surface area contributed by atoms with Crippen LogP contribution in [0.1, 0.15) is 27.9 Å². The summed E-state index contributed by atoms with van der Waals surface area (Å²) >= 11 is 0. The molecule has 0 radical (unpaired) electrons. The summed E-state index contributed by atoms with van der Waals surface area (Å²) in [6.45, 7) is 6.61. The lowest BCUT2D eigenvalue weighted by Gasteiger charge is -2.28. The number of nitrogens with one attached hydrogen (secondary N) is 2. The minimum Gasteiger partial charge on any atom is -0.397 e. The summed E-state index contributed by atoms with van der Waals surface area (Å²) < 4.78 is 19.4. The largest absolute Gasteiger partial charge is 0.397 e. The van der Waals surface area contributed by atoms with Crippen molar-refractivity contribution in [2.75, 3.05) is 55.8 Å². The third kappa shape index (κ3) is 7.53. The second-order valence-corrected chi connectivity index (χ2v) is 9.36. The van der Waals surface area contributed by atoms with Crippen molar-refractivity contribution >= 4 is 29.0 Å². The van der Waals surface area contributed by atoms with Crippen LogP contribution in [0.2, 0.25) is 0 Å². The van der Waals surface area contributed by atoms with Crippen molar-refractivity contribution in [1.82, 2.24) is 9.80 Å². The number of nitrogens with two attached hydrogens (primary N) is 1. The summed E-state index contributed by atoms with van der Waals surface area (Å²) in [7, 11) is 0. The minimum absolute atomic E-state index is 0.268. The van der Waals surface area contributed by atoms with E-state index in [1.165, 1.54) is 6.07 Å². The van der Waals surface area contributed by atoms with Gasteiger partial charge in [-0.05, 0) is 60.9 Å². The van der Waals surface area contributed by atoms with Crippen molar-refractivity contribution in [3.63, 3.8) is 0 Å². The lowest BCUT2D eigenvalue weighted by molar-refractivity contribution is 0.0365. The molecular formula is C29H34FN5O3. The second-order valence-electron chi connectivity index (χ2n) is 9.36. The molecule has 1 fully saturated rings. The van der Waals surface area contributed by atoms with E-state index >= 15 is 0 Å². The van der Waals surface area contributed by atoms with Crippen LogP contribution in [-0.2, 0) is 11.3 Å². The summed E-state index contributed by atoms with van der Waals surface area (Å²) in [6, 6.07) is 18.5. The van der Waals surface area contributed by atoms with Crippen molar-refractivity contribution < 1.29 is 18.7 Å². The Hall–Kier alpha value is -3.95. The van der Waals surface area contributed by atoms with Crippen molar-refractivity contribution in [3.05, 3.63) is 89.2 Å². The first-order valence-corrected chi connectivity index (χ1v) is 12.8. The molecule has 3 aromatic carbocycles. The maximum Gasteiger partial charge on any atom is 0.322 e. The second kappa shape index (κ2) is 13.0. The number of para-hydroxylation sites is 2. The molecular weight excluding hydrogens is 485 g/mol. The Kier molecular flexibility index (Phi) is 9.29. The van der Waals surface area contributed by atoms with Gasteiger partial charge in [-0.1, -0.05) is 30.3 Å². The highest BCUT2D eigenvalue weighted by Crippen LogP contribution is 2.19. The van der Waals surface area contributed by atoms with Gasteiger partial charge in [0, 0.05) is 44.0 Å². The molecule has 0 unspecified atom stereocenters. The number of hydrogen-bond acceptors (Lipinski definition) is 5. The summed E-state index contributed by atoms with van der Waals surface area (Å²) in [5.74, 6) is -0.635. The number of anilines is 3. The Morgan fingerprint density at radius 3 is 2.47 bits per heavy atom. The highest BCUT2D eigenvalue weighted by atomic mass is 19.1. The van der Waals surface area contributed by atoms with E-state index in [4.69, 9.17) is 10.5 Å². The number of urea groups is 1. The van der Waals surface area contributed by atoms with Crippen LogP contribution in [-0.4, -0.2) is 61.1 Å². The van der Waals surface area contributed by atoms with Crippen LogP contribution >= 0.6 is 0 Å². The molecule has 0 spiro atoms. The predicted octanol–water partition coefficient (Wildman–Crippen LogP) is 4.73. The topological polar surface area (TPSA) is 99.9 Å². The van der Waals surface area contributed by atoms with Crippen LogP contribution < -0.4 is 16.4 Å². The summed E-state index contributed by atoms with van der Waals surface area (Å²) in [6.07, 6.45) is 0.786. The molecule has 0 saturated carbocycles. The van der Waals surface area contributed by atoms with E-state index in [1.807, 2.05) is 12.1 Å². The van der Waals surface area contributed by atoms with Crippen LogP contribution in [0.4, 0.5) is 26.2 Å². The molecule has 1 aliphatic rings. The fourth-order valence-electron chi connectivity index (χ4n) is 4.22. The zero-order valence-electron chi connectivity index (χ0n) is 21.6. The lowest BCUT2D eigenvalue weighted by Crippen LogP contribution is -2.40. The highest BCUT2D eigenvalue weighted by Gasteiger charge is 2.17. The van der Waals surface area contributed by atoms with E-state index < -0.39 is 0 Å². The number of rotatable bonds is 9. The number of benzene rings is 3. The first kappa shape index (κ1) is 27.1. The molecule has 1 saturated heterocycles. The van der Waals surface area contributed by atoms with Crippen molar-refractivity contribution in [2.24, 2.45) is 0 Å². The van der Waals surface area contributed by atoms with Crippen LogP contribution in [0.3, 0.4) is 0 Å². The van der Waals surface area contributed by atoms with Gasteiger partial charge in [0.25, 0.3) is 5.91 Å².